The van der Waals surface area contributed by atoms with Gasteiger partial charge in [-0.25, -0.2) is 20.6 Å². The molecule has 19 heavy (non-hydrogen) atoms. The van der Waals surface area contributed by atoms with Crippen molar-refractivity contribution in [1.82, 2.24) is 20.2 Å². The lowest BCUT2D eigenvalue weighted by Gasteiger charge is -2.14. The molecule has 1 aromatic rings. The molecule has 8 heteroatoms. The fraction of sp³-hybridized carbons (Fsp3) is 0.545. The molecule has 106 valence electrons. The quantitative estimate of drug-likeness (QED) is 0.328. The van der Waals surface area contributed by atoms with Crippen LogP contribution in [0.5, 0.6) is 0 Å². The Morgan fingerprint density at radius 1 is 1.32 bits per heavy atom. The van der Waals surface area contributed by atoms with Gasteiger partial charge in [-0.3, -0.25) is 0 Å². The average molecular weight is 267 g/mol. The van der Waals surface area contributed by atoms with E-state index in [1.165, 1.54) is 11.2 Å². The number of anilines is 2. The lowest BCUT2D eigenvalue weighted by atomic mass is 10.2. The standard InChI is InChI=1S/C11H21N7O/c1-4-8-9(15-7-16-10(8)17-12)13-5-6-14-11(19)18(2)3/h7H,4-6,12H2,1-3H3,(H,14,19)(H2,13,15,16,17). The molecule has 0 saturated heterocycles. The van der Waals surface area contributed by atoms with Gasteiger partial charge in [-0.1, -0.05) is 6.92 Å². The number of carbonyl (C=O) groups is 1. The van der Waals surface area contributed by atoms with Crippen LogP contribution in [-0.2, 0) is 6.42 Å². The zero-order chi connectivity index (χ0) is 14.3. The molecule has 8 nitrogen and oxygen atoms in total. The lowest BCUT2D eigenvalue weighted by molar-refractivity contribution is 0.218. The number of aromatic nitrogens is 2. The Balaban J connectivity index is 2.51. The number of nitrogen functional groups attached to an aromatic ring is 1. The molecule has 0 unspecified atom stereocenters. The number of nitrogens with two attached hydrogens (primary N) is 1. The summed E-state index contributed by atoms with van der Waals surface area (Å²) in [5.41, 5.74) is 3.46. The molecule has 2 amide bonds. The molecule has 0 spiro atoms. The Hall–Kier alpha value is -2.09. The Kier molecular flexibility index (Phi) is 5.80. The van der Waals surface area contributed by atoms with E-state index in [9.17, 15) is 4.79 Å². The number of urea groups is 1. The first-order valence-electron chi connectivity index (χ1n) is 6.09. The number of hydrazine groups is 1. The van der Waals surface area contributed by atoms with Crippen LogP contribution in [-0.4, -0.2) is 48.1 Å². The summed E-state index contributed by atoms with van der Waals surface area (Å²) in [6, 6.07) is -0.121. The predicted octanol–water partition coefficient (Wildman–Crippen LogP) is 0.00770. The van der Waals surface area contributed by atoms with Crippen LogP contribution in [0.1, 0.15) is 12.5 Å². The van der Waals surface area contributed by atoms with Gasteiger partial charge in [-0.2, -0.15) is 0 Å². The summed E-state index contributed by atoms with van der Waals surface area (Å²) >= 11 is 0. The van der Waals surface area contributed by atoms with Crippen molar-refractivity contribution in [3.05, 3.63) is 11.9 Å². The molecule has 5 N–H and O–H groups in total. The maximum absolute atomic E-state index is 11.3. The molecule has 1 rings (SSSR count). The minimum absolute atomic E-state index is 0.121. The van der Waals surface area contributed by atoms with Crippen molar-refractivity contribution >= 4 is 17.7 Å². The van der Waals surface area contributed by atoms with Crippen LogP contribution in [0.2, 0.25) is 0 Å². The van der Waals surface area contributed by atoms with Crippen molar-refractivity contribution in [2.75, 3.05) is 37.9 Å². The summed E-state index contributed by atoms with van der Waals surface area (Å²) in [4.78, 5) is 21.0. The third kappa shape index (κ3) is 4.25. The highest BCUT2D eigenvalue weighted by Gasteiger charge is 2.08. The van der Waals surface area contributed by atoms with Gasteiger partial charge >= 0.3 is 6.03 Å². The minimum Gasteiger partial charge on any atom is -0.368 e. The summed E-state index contributed by atoms with van der Waals surface area (Å²) < 4.78 is 0. The molecular formula is C11H21N7O. The summed E-state index contributed by atoms with van der Waals surface area (Å²) in [5, 5.41) is 5.91. The number of rotatable bonds is 6. The largest absolute Gasteiger partial charge is 0.368 e. The molecule has 1 aromatic heterocycles. The summed E-state index contributed by atoms with van der Waals surface area (Å²) in [6.07, 6.45) is 2.20. The fourth-order valence-corrected chi connectivity index (χ4v) is 1.53. The van der Waals surface area contributed by atoms with E-state index in [4.69, 9.17) is 5.84 Å². The van der Waals surface area contributed by atoms with E-state index < -0.39 is 0 Å². The second-order valence-corrected chi connectivity index (χ2v) is 4.10. The molecule has 0 atom stereocenters. The third-order valence-corrected chi connectivity index (χ3v) is 2.54. The first-order valence-corrected chi connectivity index (χ1v) is 6.09. The smallest absolute Gasteiger partial charge is 0.316 e. The van der Waals surface area contributed by atoms with E-state index in [-0.39, 0.29) is 6.03 Å². The van der Waals surface area contributed by atoms with Crippen molar-refractivity contribution in [2.45, 2.75) is 13.3 Å². The van der Waals surface area contributed by atoms with E-state index in [1.54, 1.807) is 14.1 Å². The molecule has 1 heterocycles. The second-order valence-electron chi connectivity index (χ2n) is 4.10. The van der Waals surface area contributed by atoms with E-state index in [0.717, 1.165) is 17.8 Å². The first kappa shape index (κ1) is 15.0. The Morgan fingerprint density at radius 2 is 2.00 bits per heavy atom. The second kappa shape index (κ2) is 7.37. The minimum atomic E-state index is -0.121. The van der Waals surface area contributed by atoms with Crippen LogP contribution in [0.25, 0.3) is 0 Å². The van der Waals surface area contributed by atoms with Gasteiger partial charge in [0.25, 0.3) is 0 Å². The topological polar surface area (TPSA) is 108 Å². The van der Waals surface area contributed by atoms with Crippen molar-refractivity contribution in [3.8, 4) is 0 Å². The molecular weight excluding hydrogens is 246 g/mol. The van der Waals surface area contributed by atoms with Gasteiger partial charge in [-0.15, -0.1) is 0 Å². The Bertz CT molecular complexity index is 422. The SMILES string of the molecule is CCc1c(NN)ncnc1NCCNC(=O)N(C)C. The zero-order valence-electron chi connectivity index (χ0n) is 11.5. The molecule has 0 radical (unpaired) electrons. The third-order valence-electron chi connectivity index (χ3n) is 2.54. The molecule has 0 aliphatic carbocycles. The van der Waals surface area contributed by atoms with Gasteiger partial charge in [0.1, 0.15) is 18.0 Å². The van der Waals surface area contributed by atoms with Gasteiger partial charge in [0, 0.05) is 32.7 Å². The molecule has 0 aromatic carbocycles. The normalized spacial score (nSPS) is 9.89. The van der Waals surface area contributed by atoms with Gasteiger partial charge in [0.05, 0.1) is 0 Å². The van der Waals surface area contributed by atoms with Gasteiger partial charge in [-0.05, 0) is 6.42 Å². The predicted molar refractivity (Wildman–Crippen MR) is 74.8 cm³/mol. The summed E-state index contributed by atoms with van der Waals surface area (Å²) in [6.45, 7) is 3.09. The van der Waals surface area contributed by atoms with E-state index in [1.807, 2.05) is 6.92 Å². The number of nitrogens with one attached hydrogen (secondary N) is 3. The maximum Gasteiger partial charge on any atom is 0.316 e. The van der Waals surface area contributed by atoms with Crippen molar-refractivity contribution in [1.29, 1.82) is 0 Å². The van der Waals surface area contributed by atoms with Gasteiger partial charge in [0.15, 0.2) is 0 Å². The number of nitrogens with zero attached hydrogens (tertiary/aromatic N) is 3. The lowest BCUT2D eigenvalue weighted by Crippen LogP contribution is -2.37. The number of hydrogen-bond donors (Lipinski definition) is 4. The van der Waals surface area contributed by atoms with E-state index in [0.29, 0.717) is 18.9 Å². The highest BCUT2D eigenvalue weighted by atomic mass is 16.2. The fourth-order valence-electron chi connectivity index (χ4n) is 1.53. The maximum atomic E-state index is 11.3. The number of amides is 2. The molecule has 0 aliphatic rings. The Morgan fingerprint density at radius 3 is 2.58 bits per heavy atom. The highest BCUT2D eigenvalue weighted by Crippen LogP contribution is 2.18. The van der Waals surface area contributed by atoms with E-state index >= 15 is 0 Å². The van der Waals surface area contributed by atoms with Gasteiger partial charge < -0.3 is 21.0 Å². The van der Waals surface area contributed by atoms with Crippen LogP contribution in [0, 0.1) is 0 Å². The average Bonchev–Trinajstić information content (AvgIpc) is 2.42. The molecule has 0 fully saturated rings. The number of carbonyl (C=O) groups excluding carboxylic acids is 1. The summed E-state index contributed by atoms with van der Waals surface area (Å²) in [5.74, 6) is 6.73. The van der Waals surface area contributed by atoms with E-state index in [2.05, 4.69) is 26.0 Å². The zero-order valence-corrected chi connectivity index (χ0v) is 11.5. The van der Waals surface area contributed by atoms with Crippen molar-refractivity contribution < 1.29 is 4.79 Å². The van der Waals surface area contributed by atoms with Crippen molar-refractivity contribution in [3.63, 3.8) is 0 Å². The molecule has 0 bridgehead atoms. The first-order chi connectivity index (χ1) is 9.10. The van der Waals surface area contributed by atoms with Gasteiger partial charge in [0.2, 0.25) is 0 Å². The van der Waals surface area contributed by atoms with Crippen LogP contribution in [0.3, 0.4) is 0 Å². The summed E-state index contributed by atoms with van der Waals surface area (Å²) in [7, 11) is 3.39. The molecule has 0 saturated carbocycles. The van der Waals surface area contributed by atoms with Crippen LogP contribution in [0.15, 0.2) is 6.33 Å². The van der Waals surface area contributed by atoms with Crippen LogP contribution >= 0.6 is 0 Å². The van der Waals surface area contributed by atoms with Crippen molar-refractivity contribution in [2.24, 2.45) is 5.84 Å². The monoisotopic (exact) mass is 267 g/mol. The highest BCUT2D eigenvalue weighted by molar-refractivity contribution is 5.73. The molecule has 0 aliphatic heterocycles. The van der Waals surface area contributed by atoms with Crippen LogP contribution < -0.4 is 21.9 Å². The van der Waals surface area contributed by atoms with Crippen LogP contribution in [0.4, 0.5) is 16.4 Å². The Labute approximate surface area is 112 Å². The number of hydrogen-bond acceptors (Lipinski definition) is 6.